The molecule has 0 aliphatic carbocycles. The molecule has 1 aromatic carbocycles. The lowest BCUT2D eigenvalue weighted by Crippen LogP contribution is -2.32. The maximum atomic E-state index is 12.3. The Morgan fingerprint density at radius 3 is 2.24 bits per heavy atom. The van der Waals surface area contributed by atoms with Crippen molar-refractivity contribution in [3.63, 3.8) is 0 Å². The van der Waals surface area contributed by atoms with Crippen molar-refractivity contribution in [3.05, 3.63) is 35.4 Å². The Kier molecular flexibility index (Phi) is 4.28. The van der Waals surface area contributed by atoms with Crippen LogP contribution in [-0.4, -0.2) is 11.8 Å². The second-order valence-electron chi connectivity index (χ2n) is 3.83. The summed E-state index contributed by atoms with van der Waals surface area (Å²) in [6.45, 7) is 1.70. The molecule has 1 atom stereocenters. The highest BCUT2D eigenvalue weighted by atomic mass is 19.4. The highest BCUT2D eigenvalue weighted by Crippen LogP contribution is 2.29. The summed E-state index contributed by atoms with van der Waals surface area (Å²) < 4.78 is 36.9. The molecule has 0 spiro atoms. The molecule has 1 rings (SSSR count). The molecule has 0 heterocycles. The maximum Gasteiger partial charge on any atom is 0.416 e. The molecule has 0 bridgehead atoms. The molecule has 0 amide bonds. The van der Waals surface area contributed by atoms with Crippen LogP contribution in [-0.2, 0) is 17.4 Å². The molecule has 0 aliphatic rings. The fourth-order valence-electron chi connectivity index (χ4n) is 1.46. The number of ketones is 1. The van der Waals surface area contributed by atoms with E-state index in [9.17, 15) is 18.0 Å². The normalized spacial score (nSPS) is 13.5. The van der Waals surface area contributed by atoms with E-state index < -0.39 is 17.8 Å². The van der Waals surface area contributed by atoms with Crippen LogP contribution in [0.5, 0.6) is 0 Å². The van der Waals surface area contributed by atoms with Crippen LogP contribution in [0.4, 0.5) is 13.2 Å². The van der Waals surface area contributed by atoms with E-state index in [-0.39, 0.29) is 12.2 Å². The quantitative estimate of drug-likeness (QED) is 0.885. The predicted molar refractivity (Wildman–Crippen MR) is 58.4 cm³/mol. The lowest BCUT2D eigenvalue weighted by Gasteiger charge is -2.11. The fraction of sp³-hybridized carbons (Fsp3) is 0.417. The van der Waals surface area contributed by atoms with Crippen molar-refractivity contribution in [2.45, 2.75) is 32.0 Å². The smallest absolute Gasteiger partial charge is 0.321 e. The number of alkyl halides is 3. The molecular weight excluding hydrogens is 231 g/mol. The first-order chi connectivity index (χ1) is 7.84. The Bertz CT molecular complexity index is 384. The van der Waals surface area contributed by atoms with Gasteiger partial charge < -0.3 is 5.73 Å². The zero-order chi connectivity index (χ0) is 13.1. The van der Waals surface area contributed by atoms with Crippen LogP contribution in [0, 0.1) is 0 Å². The second kappa shape index (κ2) is 5.31. The van der Waals surface area contributed by atoms with Crippen molar-refractivity contribution >= 4 is 5.78 Å². The minimum absolute atomic E-state index is 0.0927. The van der Waals surface area contributed by atoms with Crippen LogP contribution < -0.4 is 5.73 Å². The number of benzene rings is 1. The summed E-state index contributed by atoms with van der Waals surface area (Å²) in [6.07, 6.45) is -3.73. The topological polar surface area (TPSA) is 43.1 Å². The molecule has 2 N–H and O–H groups in total. The first-order valence-electron chi connectivity index (χ1n) is 5.29. The minimum Gasteiger partial charge on any atom is -0.321 e. The van der Waals surface area contributed by atoms with Gasteiger partial charge in [-0.15, -0.1) is 0 Å². The van der Waals surface area contributed by atoms with Crippen molar-refractivity contribution in [2.75, 3.05) is 0 Å². The Hall–Kier alpha value is -1.36. The third-order valence-corrected chi connectivity index (χ3v) is 2.50. The number of carbonyl (C=O) groups is 1. The van der Waals surface area contributed by atoms with Crippen LogP contribution in [0.15, 0.2) is 24.3 Å². The van der Waals surface area contributed by atoms with E-state index in [0.717, 1.165) is 12.1 Å². The van der Waals surface area contributed by atoms with E-state index in [1.807, 2.05) is 0 Å². The molecule has 0 aliphatic heterocycles. The Morgan fingerprint density at radius 2 is 1.82 bits per heavy atom. The molecule has 0 saturated heterocycles. The van der Waals surface area contributed by atoms with Crippen molar-refractivity contribution in [3.8, 4) is 0 Å². The molecule has 2 nitrogen and oxygen atoms in total. The Labute approximate surface area is 97.6 Å². The van der Waals surface area contributed by atoms with Gasteiger partial charge in [0.2, 0.25) is 0 Å². The monoisotopic (exact) mass is 245 g/mol. The molecule has 17 heavy (non-hydrogen) atoms. The zero-order valence-electron chi connectivity index (χ0n) is 9.42. The van der Waals surface area contributed by atoms with Crippen LogP contribution in [0.25, 0.3) is 0 Å². The van der Waals surface area contributed by atoms with Crippen LogP contribution in [0.2, 0.25) is 0 Å². The van der Waals surface area contributed by atoms with E-state index in [0.29, 0.717) is 12.0 Å². The van der Waals surface area contributed by atoms with E-state index in [1.165, 1.54) is 12.1 Å². The standard InChI is InChI=1S/C12H14F3NO/c1-2-11(17)10(16)7-8-3-5-9(6-4-8)12(13,14)15/h3-6,10H,2,7,16H2,1H3/t10-/m1/s1. The number of rotatable bonds is 4. The van der Waals surface area contributed by atoms with Gasteiger partial charge in [0.15, 0.2) is 0 Å². The summed E-state index contributed by atoms with van der Waals surface area (Å²) in [5, 5.41) is 0. The van der Waals surface area contributed by atoms with Crippen molar-refractivity contribution in [1.29, 1.82) is 0 Å². The highest BCUT2D eigenvalue weighted by Gasteiger charge is 2.29. The van der Waals surface area contributed by atoms with E-state index >= 15 is 0 Å². The van der Waals surface area contributed by atoms with Gasteiger partial charge in [-0.25, -0.2) is 0 Å². The number of carbonyl (C=O) groups excluding carboxylic acids is 1. The van der Waals surface area contributed by atoms with E-state index in [1.54, 1.807) is 6.92 Å². The fourth-order valence-corrected chi connectivity index (χ4v) is 1.46. The molecule has 5 heteroatoms. The number of hydrogen-bond donors (Lipinski definition) is 1. The maximum absolute atomic E-state index is 12.3. The summed E-state index contributed by atoms with van der Waals surface area (Å²) in [5.41, 5.74) is 5.55. The van der Waals surface area contributed by atoms with Crippen LogP contribution in [0.1, 0.15) is 24.5 Å². The van der Waals surface area contributed by atoms with Gasteiger partial charge in [0.25, 0.3) is 0 Å². The molecule has 1 aromatic rings. The average Bonchev–Trinajstić information content (AvgIpc) is 2.27. The van der Waals surface area contributed by atoms with Gasteiger partial charge in [0, 0.05) is 6.42 Å². The van der Waals surface area contributed by atoms with Gasteiger partial charge in [-0.05, 0) is 24.1 Å². The number of nitrogens with two attached hydrogens (primary N) is 1. The lowest BCUT2D eigenvalue weighted by molar-refractivity contribution is -0.137. The Balaban J connectivity index is 2.72. The zero-order valence-corrected chi connectivity index (χ0v) is 9.42. The third-order valence-electron chi connectivity index (χ3n) is 2.50. The molecule has 0 saturated carbocycles. The van der Waals surface area contributed by atoms with Gasteiger partial charge in [-0.1, -0.05) is 19.1 Å². The number of hydrogen-bond acceptors (Lipinski definition) is 2. The summed E-state index contributed by atoms with van der Waals surface area (Å²) in [6, 6.07) is 4.06. The lowest BCUT2D eigenvalue weighted by atomic mass is 10.0. The highest BCUT2D eigenvalue weighted by molar-refractivity contribution is 5.83. The average molecular weight is 245 g/mol. The summed E-state index contributed by atoms with van der Waals surface area (Å²) >= 11 is 0. The van der Waals surface area contributed by atoms with Crippen molar-refractivity contribution < 1.29 is 18.0 Å². The van der Waals surface area contributed by atoms with Crippen molar-refractivity contribution in [1.82, 2.24) is 0 Å². The largest absolute Gasteiger partial charge is 0.416 e. The summed E-state index contributed by atoms with van der Waals surface area (Å²) in [4.78, 5) is 11.2. The summed E-state index contributed by atoms with van der Waals surface area (Å²) in [5.74, 6) is -0.0927. The van der Waals surface area contributed by atoms with Crippen LogP contribution in [0.3, 0.4) is 0 Å². The SMILES string of the molecule is CCC(=O)[C@H](N)Cc1ccc(C(F)(F)F)cc1. The van der Waals surface area contributed by atoms with Gasteiger partial charge in [0.05, 0.1) is 11.6 Å². The molecule has 94 valence electrons. The third kappa shape index (κ3) is 3.85. The van der Waals surface area contributed by atoms with Gasteiger partial charge >= 0.3 is 6.18 Å². The van der Waals surface area contributed by atoms with Gasteiger partial charge in [-0.2, -0.15) is 13.2 Å². The molecule has 0 unspecified atom stereocenters. The van der Waals surface area contributed by atoms with Crippen molar-refractivity contribution in [2.24, 2.45) is 5.73 Å². The van der Waals surface area contributed by atoms with Gasteiger partial charge in [0.1, 0.15) is 5.78 Å². The van der Waals surface area contributed by atoms with E-state index in [4.69, 9.17) is 5.73 Å². The predicted octanol–water partition coefficient (Wildman–Crippen LogP) is 2.55. The minimum atomic E-state index is -4.33. The van der Waals surface area contributed by atoms with Crippen LogP contribution >= 0.6 is 0 Å². The molecule has 0 fully saturated rings. The second-order valence-corrected chi connectivity index (χ2v) is 3.83. The molecule has 0 aromatic heterocycles. The van der Waals surface area contributed by atoms with E-state index in [2.05, 4.69) is 0 Å². The van der Waals surface area contributed by atoms with Gasteiger partial charge in [-0.3, -0.25) is 4.79 Å². The first kappa shape index (κ1) is 13.7. The molecular formula is C12H14F3NO. The number of Topliss-reactive ketones (excluding diaryl/α,β-unsaturated/α-hetero) is 1. The summed E-state index contributed by atoms with van der Waals surface area (Å²) in [7, 11) is 0. The number of halogens is 3. The molecule has 0 radical (unpaired) electrons. The first-order valence-corrected chi connectivity index (χ1v) is 5.29. The Morgan fingerprint density at radius 1 is 1.29 bits per heavy atom.